The number of nitrogens with zero attached hydrogens (tertiary/aromatic N) is 5. The van der Waals surface area contributed by atoms with Crippen LogP contribution in [0.25, 0.3) is 11.5 Å². The lowest BCUT2D eigenvalue weighted by Crippen LogP contribution is -2.38. The molecule has 2 aromatic heterocycles. The Hall–Kier alpha value is -3.06. The van der Waals surface area contributed by atoms with Crippen LogP contribution >= 0.6 is 0 Å². The summed E-state index contributed by atoms with van der Waals surface area (Å²) in [5.74, 6) is 0.746. The van der Waals surface area contributed by atoms with E-state index in [0.717, 1.165) is 11.1 Å². The van der Waals surface area contributed by atoms with Crippen molar-refractivity contribution in [1.29, 1.82) is 0 Å². The molecular weight excluding hydrogens is 342 g/mol. The van der Waals surface area contributed by atoms with E-state index in [0.29, 0.717) is 17.4 Å². The van der Waals surface area contributed by atoms with Gasteiger partial charge in [-0.1, -0.05) is 35.5 Å². The van der Waals surface area contributed by atoms with Gasteiger partial charge < -0.3 is 9.42 Å². The second-order valence-corrected chi connectivity index (χ2v) is 6.64. The molecule has 27 heavy (non-hydrogen) atoms. The highest BCUT2D eigenvalue weighted by Crippen LogP contribution is 2.24. The summed E-state index contributed by atoms with van der Waals surface area (Å²) < 4.78 is 5.30. The van der Waals surface area contributed by atoms with Crippen molar-refractivity contribution in [3.05, 3.63) is 65.7 Å². The number of carbonyl (C=O) groups is 1. The smallest absolute Gasteiger partial charge is 0.246 e. The molecule has 0 aliphatic heterocycles. The molecule has 0 saturated carbocycles. The number of carbonyl (C=O) groups excluding carboxylic acids is 1. The van der Waals surface area contributed by atoms with Crippen LogP contribution in [0.1, 0.15) is 23.1 Å². The Labute approximate surface area is 158 Å². The number of rotatable bonds is 6. The highest BCUT2D eigenvalue weighted by Gasteiger charge is 2.28. The third kappa shape index (κ3) is 4.20. The number of pyridine rings is 1. The van der Waals surface area contributed by atoms with Crippen LogP contribution in [0.15, 0.2) is 53.2 Å². The lowest BCUT2D eigenvalue weighted by atomic mass is 9.99. The summed E-state index contributed by atoms with van der Waals surface area (Å²) in [4.78, 5) is 25.2. The van der Waals surface area contributed by atoms with Crippen molar-refractivity contribution in [1.82, 2.24) is 24.9 Å². The number of amides is 1. The molecule has 0 spiro atoms. The lowest BCUT2D eigenvalue weighted by molar-refractivity contribution is -0.135. The molecule has 0 aliphatic carbocycles. The zero-order chi connectivity index (χ0) is 19.4. The molecule has 0 unspecified atom stereocenters. The fourth-order valence-corrected chi connectivity index (χ4v) is 2.93. The van der Waals surface area contributed by atoms with E-state index >= 15 is 0 Å². The summed E-state index contributed by atoms with van der Waals surface area (Å²) in [6.07, 6.45) is 1.67. The van der Waals surface area contributed by atoms with E-state index < -0.39 is 0 Å². The predicted octanol–water partition coefficient (Wildman–Crippen LogP) is 2.70. The van der Waals surface area contributed by atoms with Gasteiger partial charge in [-0.3, -0.25) is 14.7 Å². The molecule has 2 heterocycles. The van der Waals surface area contributed by atoms with Crippen LogP contribution in [0.2, 0.25) is 0 Å². The quantitative estimate of drug-likeness (QED) is 0.669. The zero-order valence-corrected chi connectivity index (χ0v) is 16.0. The van der Waals surface area contributed by atoms with Crippen molar-refractivity contribution in [2.24, 2.45) is 0 Å². The van der Waals surface area contributed by atoms with E-state index in [9.17, 15) is 4.79 Å². The predicted molar refractivity (Wildman–Crippen MR) is 102 cm³/mol. The van der Waals surface area contributed by atoms with Gasteiger partial charge >= 0.3 is 0 Å². The van der Waals surface area contributed by atoms with E-state index in [1.807, 2.05) is 68.4 Å². The molecular formula is C20H23N5O2. The Morgan fingerprint density at radius 1 is 1.11 bits per heavy atom. The topological polar surface area (TPSA) is 75.4 Å². The maximum Gasteiger partial charge on any atom is 0.246 e. The van der Waals surface area contributed by atoms with Gasteiger partial charge in [0.15, 0.2) is 0 Å². The molecule has 0 bridgehead atoms. The highest BCUT2D eigenvalue weighted by atomic mass is 16.5. The minimum Gasteiger partial charge on any atom is -0.337 e. The molecule has 0 N–H and O–H groups in total. The Morgan fingerprint density at radius 3 is 2.52 bits per heavy atom. The summed E-state index contributed by atoms with van der Waals surface area (Å²) in [5, 5.41) is 3.95. The Balaban J connectivity index is 1.77. The fraction of sp³-hybridized carbons (Fsp3) is 0.300. The van der Waals surface area contributed by atoms with Crippen LogP contribution in [-0.2, 0) is 11.3 Å². The van der Waals surface area contributed by atoms with E-state index in [1.165, 1.54) is 0 Å². The van der Waals surface area contributed by atoms with Crippen molar-refractivity contribution in [3.63, 3.8) is 0 Å². The molecule has 0 fully saturated rings. The molecule has 140 valence electrons. The molecule has 3 aromatic rings. The van der Waals surface area contributed by atoms with E-state index in [1.54, 1.807) is 18.1 Å². The lowest BCUT2D eigenvalue weighted by Gasteiger charge is -2.29. The zero-order valence-electron chi connectivity index (χ0n) is 16.0. The van der Waals surface area contributed by atoms with E-state index in [-0.39, 0.29) is 18.5 Å². The Bertz CT molecular complexity index is 908. The van der Waals surface area contributed by atoms with Crippen LogP contribution in [-0.4, -0.2) is 52.0 Å². The third-order valence-electron chi connectivity index (χ3n) is 4.34. The first-order valence-electron chi connectivity index (χ1n) is 8.68. The van der Waals surface area contributed by atoms with Crippen LogP contribution in [0.4, 0.5) is 0 Å². The van der Waals surface area contributed by atoms with Crippen molar-refractivity contribution in [2.75, 3.05) is 21.1 Å². The van der Waals surface area contributed by atoms with Crippen LogP contribution < -0.4 is 0 Å². The van der Waals surface area contributed by atoms with Gasteiger partial charge in [0.2, 0.25) is 17.6 Å². The van der Waals surface area contributed by atoms with Gasteiger partial charge in [-0.2, -0.15) is 4.98 Å². The largest absolute Gasteiger partial charge is 0.337 e. The SMILES string of the molecule is Cc1ccccc1[C@H](C(=O)N(C)Cc1nc(-c2ccccn2)no1)N(C)C. The summed E-state index contributed by atoms with van der Waals surface area (Å²) >= 11 is 0. The van der Waals surface area contributed by atoms with Crippen LogP contribution in [0, 0.1) is 6.92 Å². The number of aromatic nitrogens is 3. The molecule has 3 rings (SSSR count). The first-order chi connectivity index (χ1) is 13.0. The second-order valence-electron chi connectivity index (χ2n) is 6.64. The monoisotopic (exact) mass is 365 g/mol. The van der Waals surface area contributed by atoms with Gasteiger partial charge in [0.05, 0.1) is 6.54 Å². The average molecular weight is 365 g/mol. The normalized spacial score (nSPS) is 12.2. The van der Waals surface area contributed by atoms with Crippen molar-refractivity contribution in [2.45, 2.75) is 19.5 Å². The number of likely N-dealkylation sites (N-methyl/N-ethyl adjacent to an activating group) is 2. The Kier molecular flexibility index (Phi) is 5.61. The number of hydrogen-bond acceptors (Lipinski definition) is 6. The molecule has 1 aromatic carbocycles. The maximum atomic E-state index is 13.1. The summed E-state index contributed by atoms with van der Waals surface area (Å²) in [6.45, 7) is 2.24. The molecule has 0 saturated heterocycles. The minimum absolute atomic E-state index is 0.0353. The molecule has 1 atom stereocenters. The fourth-order valence-electron chi connectivity index (χ4n) is 2.93. The van der Waals surface area contributed by atoms with Gasteiger partial charge in [-0.15, -0.1) is 0 Å². The summed E-state index contributed by atoms with van der Waals surface area (Å²) in [7, 11) is 5.53. The first kappa shape index (κ1) is 18.7. The molecule has 0 aliphatic rings. The third-order valence-corrected chi connectivity index (χ3v) is 4.34. The standard InChI is InChI=1S/C20H23N5O2/c1-14-9-5-6-10-15(14)18(24(2)3)20(26)25(4)13-17-22-19(23-27-17)16-11-7-8-12-21-16/h5-12,18H,13H2,1-4H3/t18-/m1/s1. The van der Waals surface area contributed by atoms with Gasteiger partial charge in [-0.25, -0.2) is 0 Å². The van der Waals surface area contributed by atoms with E-state index in [2.05, 4.69) is 15.1 Å². The number of benzene rings is 1. The van der Waals surface area contributed by atoms with Crippen molar-refractivity contribution in [3.8, 4) is 11.5 Å². The highest BCUT2D eigenvalue weighted by molar-refractivity contribution is 5.83. The number of aryl methyl sites for hydroxylation is 1. The van der Waals surface area contributed by atoms with Crippen LogP contribution in [0.5, 0.6) is 0 Å². The molecule has 1 amide bonds. The van der Waals surface area contributed by atoms with Crippen molar-refractivity contribution < 1.29 is 9.32 Å². The molecule has 7 nitrogen and oxygen atoms in total. The summed E-state index contributed by atoms with van der Waals surface area (Å²) in [5.41, 5.74) is 2.69. The van der Waals surface area contributed by atoms with E-state index in [4.69, 9.17) is 4.52 Å². The first-order valence-corrected chi connectivity index (χ1v) is 8.68. The minimum atomic E-state index is -0.380. The summed E-state index contributed by atoms with van der Waals surface area (Å²) in [6, 6.07) is 13.0. The maximum absolute atomic E-state index is 13.1. The van der Waals surface area contributed by atoms with Crippen molar-refractivity contribution >= 4 is 5.91 Å². The Morgan fingerprint density at radius 2 is 1.85 bits per heavy atom. The molecule has 0 radical (unpaired) electrons. The van der Waals surface area contributed by atoms with Gasteiger partial charge in [0.25, 0.3) is 0 Å². The average Bonchev–Trinajstić information content (AvgIpc) is 3.12. The van der Waals surface area contributed by atoms with Gasteiger partial charge in [0, 0.05) is 13.2 Å². The molecule has 7 heteroatoms. The van der Waals surface area contributed by atoms with Crippen LogP contribution in [0.3, 0.4) is 0 Å². The van der Waals surface area contributed by atoms with Gasteiger partial charge in [-0.05, 0) is 44.3 Å². The van der Waals surface area contributed by atoms with Gasteiger partial charge in [0.1, 0.15) is 11.7 Å². The number of hydrogen-bond donors (Lipinski definition) is 0. The second kappa shape index (κ2) is 8.09.